The van der Waals surface area contributed by atoms with Crippen LogP contribution in [-0.2, 0) is 45.8 Å². The van der Waals surface area contributed by atoms with Crippen LogP contribution in [0.5, 0.6) is 0 Å². The van der Waals surface area contributed by atoms with Crippen LogP contribution in [0.4, 0.5) is 30.2 Å². The summed E-state index contributed by atoms with van der Waals surface area (Å²) in [5.74, 6) is 0.0911. The van der Waals surface area contributed by atoms with Crippen LogP contribution in [-0.4, -0.2) is 85.9 Å². The van der Waals surface area contributed by atoms with Gasteiger partial charge in [-0.15, -0.1) is 10.2 Å². The molecule has 55 heavy (non-hydrogen) atoms. The molecule has 4 aromatic rings. The van der Waals surface area contributed by atoms with E-state index < -0.39 is 23.6 Å². The van der Waals surface area contributed by atoms with Crippen LogP contribution >= 0.6 is 0 Å². The molecule has 4 aliphatic rings. The molecule has 15 heteroatoms. The summed E-state index contributed by atoms with van der Waals surface area (Å²) in [4.78, 5) is 31.3. The van der Waals surface area contributed by atoms with Gasteiger partial charge in [-0.25, -0.2) is 4.79 Å². The molecule has 1 amide bonds. The normalized spacial score (nSPS) is 18.5. The topological polar surface area (TPSA) is 126 Å². The van der Waals surface area contributed by atoms with Crippen LogP contribution in [0.1, 0.15) is 61.6 Å². The SMILES string of the molecule is COC(=O)c1ccc(N2CCC(COC3CN(c4cc5c(c(C(F)(F)F)c4)CN(c4cccc(C6(Cc7nncn7C)COC6)c4)C5=O)C3)CC2)cc1C#N. The first kappa shape index (κ1) is 36.5. The Morgan fingerprint density at radius 3 is 2.47 bits per heavy atom. The average Bonchev–Trinajstić information content (AvgIpc) is 3.72. The van der Waals surface area contributed by atoms with Crippen molar-refractivity contribution < 1.29 is 37.0 Å². The summed E-state index contributed by atoms with van der Waals surface area (Å²) in [6, 6.07) is 17.4. The van der Waals surface area contributed by atoms with E-state index in [0.717, 1.165) is 49.1 Å². The molecule has 4 aliphatic heterocycles. The summed E-state index contributed by atoms with van der Waals surface area (Å²) in [5, 5.41) is 17.7. The molecule has 3 aromatic carbocycles. The summed E-state index contributed by atoms with van der Waals surface area (Å²) in [7, 11) is 3.15. The Hall–Kier alpha value is -5.46. The van der Waals surface area contributed by atoms with Crippen molar-refractivity contribution in [3.8, 4) is 6.07 Å². The molecular weight excluding hydrogens is 715 g/mol. The highest BCUT2D eigenvalue weighted by Gasteiger charge is 2.44. The molecule has 286 valence electrons. The summed E-state index contributed by atoms with van der Waals surface area (Å²) in [5.41, 5.74) is 2.06. The molecule has 0 bridgehead atoms. The number of hydrogen-bond acceptors (Lipinski definition) is 10. The van der Waals surface area contributed by atoms with Crippen molar-refractivity contribution in [1.29, 1.82) is 5.26 Å². The van der Waals surface area contributed by atoms with Gasteiger partial charge < -0.3 is 33.5 Å². The van der Waals surface area contributed by atoms with Crippen molar-refractivity contribution in [2.24, 2.45) is 13.0 Å². The lowest BCUT2D eigenvalue weighted by Crippen LogP contribution is -2.53. The van der Waals surface area contributed by atoms with Gasteiger partial charge >= 0.3 is 12.1 Å². The highest BCUT2D eigenvalue weighted by Crippen LogP contribution is 2.43. The molecule has 5 heterocycles. The van der Waals surface area contributed by atoms with Gasteiger partial charge in [-0.2, -0.15) is 18.4 Å². The van der Waals surface area contributed by atoms with E-state index in [0.29, 0.717) is 56.6 Å². The lowest BCUT2D eigenvalue weighted by atomic mass is 9.75. The minimum atomic E-state index is -4.64. The standard InChI is InChI=1S/C40H40F3N7O5/c1-47-24-45-46-36(47)16-39(22-54-23-39)27-4-3-5-29(13-27)50-20-34-33(37(50)51)14-30(15-35(34)40(41,42)43)49-18-31(19-49)55-21-25-8-10-48(11-9-25)28-6-7-32(38(52)53-2)26(12-28)17-44/h3-7,12-15,24-25,31H,8-11,16,18-23H2,1-2H3. The van der Waals surface area contributed by atoms with Crippen molar-refractivity contribution in [3.63, 3.8) is 0 Å². The van der Waals surface area contributed by atoms with Crippen LogP contribution < -0.4 is 14.7 Å². The number of alkyl halides is 3. The average molecular weight is 756 g/mol. The van der Waals surface area contributed by atoms with E-state index in [1.165, 1.54) is 12.0 Å². The monoisotopic (exact) mass is 755 g/mol. The quantitative estimate of drug-likeness (QED) is 0.197. The summed E-state index contributed by atoms with van der Waals surface area (Å²) in [6.07, 6.45) is -0.829. The number of methoxy groups -OCH3 is 1. The Bertz CT molecular complexity index is 2160. The number of carbonyl (C=O) groups excluding carboxylic acids is 2. The lowest BCUT2D eigenvalue weighted by molar-refractivity contribution is -0.138. The zero-order valence-corrected chi connectivity index (χ0v) is 30.5. The molecule has 8 rings (SSSR count). The van der Waals surface area contributed by atoms with Crippen LogP contribution in [0.25, 0.3) is 0 Å². The number of halogens is 3. The molecule has 0 unspecified atom stereocenters. The number of aryl methyl sites for hydroxylation is 1. The smallest absolute Gasteiger partial charge is 0.416 e. The number of carbonyl (C=O) groups is 2. The summed E-state index contributed by atoms with van der Waals surface area (Å²) in [6.45, 7) is 3.64. The van der Waals surface area contributed by atoms with Crippen molar-refractivity contribution in [2.75, 3.05) is 67.8 Å². The largest absolute Gasteiger partial charge is 0.465 e. The minimum Gasteiger partial charge on any atom is -0.465 e. The van der Waals surface area contributed by atoms with Gasteiger partial charge in [0, 0.05) is 67.7 Å². The third-order valence-electron chi connectivity index (χ3n) is 11.4. The molecule has 0 atom stereocenters. The van der Waals surface area contributed by atoms with Gasteiger partial charge in [0.2, 0.25) is 0 Å². The number of amides is 1. The third kappa shape index (κ3) is 6.89. The fourth-order valence-corrected chi connectivity index (χ4v) is 8.02. The maximum atomic E-state index is 14.6. The first-order chi connectivity index (χ1) is 26.5. The second kappa shape index (κ2) is 14.3. The molecule has 0 saturated carbocycles. The van der Waals surface area contributed by atoms with Gasteiger partial charge in [0.25, 0.3) is 5.91 Å². The van der Waals surface area contributed by atoms with E-state index in [4.69, 9.17) is 14.2 Å². The van der Waals surface area contributed by atoms with Gasteiger partial charge in [0.1, 0.15) is 18.2 Å². The maximum absolute atomic E-state index is 14.6. The number of piperidine rings is 1. The number of nitrogens with zero attached hydrogens (tertiary/aromatic N) is 7. The number of nitriles is 1. The molecule has 0 radical (unpaired) electrons. The Morgan fingerprint density at radius 2 is 1.82 bits per heavy atom. The first-order valence-corrected chi connectivity index (χ1v) is 18.3. The predicted molar refractivity (Wildman–Crippen MR) is 195 cm³/mol. The van der Waals surface area contributed by atoms with E-state index in [9.17, 15) is 28.0 Å². The number of hydrogen-bond donors (Lipinski definition) is 0. The van der Waals surface area contributed by atoms with Crippen LogP contribution in [0.2, 0.25) is 0 Å². The molecule has 12 nitrogen and oxygen atoms in total. The number of aromatic nitrogens is 3. The first-order valence-electron chi connectivity index (χ1n) is 18.3. The number of rotatable bonds is 10. The molecule has 0 spiro atoms. The molecular formula is C40H40F3N7O5. The second-order valence-corrected chi connectivity index (χ2v) is 14.9. The van der Waals surface area contributed by atoms with Gasteiger partial charge in [-0.05, 0) is 72.4 Å². The maximum Gasteiger partial charge on any atom is 0.416 e. The van der Waals surface area contributed by atoms with Gasteiger partial charge in [0.05, 0.1) is 56.3 Å². The van der Waals surface area contributed by atoms with Crippen molar-refractivity contribution >= 4 is 28.9 Å². The highest BCUT2D eigenvalue weighted by molar-refractivity contribution is 6.11. The summed E-state index contributed by atoms with van der Waals surface area (Å²) >= 11 is 0. The number of fused-ring (bicyclic) bond motifs is 1. The Morgan fingerprint density at radius 1 is 1.04 bits per heavy atom. The van der Waals surface area contributed by atoms with Crippen LogP contribution in [0, 0.1) is 17.2 Å². The van der Waals surface area contributed by atoms with E-state index in [1.807, 2.05) is 40.8 Å². The minimum absolute atomic E-state index is 0.0182. The fourth-order valence-electron chi connectivity index (χ4n) is 8.02. The Labute approximate surface area is 316 Å². The van der Waals surface area contributed by atoms with Gasteiger partial charge in [-0.3, -0.25) is 4.79 Å². The summed E-state index contributed by atoms with van der Waals surface area (Å²) < 4.78 is 62.1. The zero-order valence-electron chi connectivity index (χ0n) is 30.5. The fraction of sp³-hybridized carbons (Fsp3) is 0.425. The predicted octanol–water partition coefficient (Wildman–Crippen LogP) is 5.29. The van der Waals surface area contributed by atoms with E-state index in [2.05, 4.69) is 21.2 Å². The number of benzene rings is 3. The van der Waals surface area contributed by atoms with Crippen molar-refractivity contribution in [3.05, 3.63) is 100 Å². The van der Waals surface area contributed by atoms with Gasteiger partial charge in [-0.1, -0.05) is 12.1 Å². The molecule has 3 saturated heterocycles. The van der Waals surface area contributed by atoms with Crippen molar-refractivity contribution in [2.45, 2.75) is 43.5 Å². The second-order valence-electron chi connectivity index (χ2n) is 14.9. The van der Waals surface area contributed by atoms with E-state index >= 15 is 0 Å². The third-order valence-corrected chi connectivity index (χ3v) is 11.4. The van der Waals surface area contributed by atoms with Crippen LogP contribution in [0.15, 0.2) is 60.9 Å². The molecule has 0 N–H and O–H groups in total. The zero-order chi connectivity index (χ0) is 38.5. The highest BCUT2D eigenvalue weighted by atomic mass is 19.4. The van der Waals surface area contributed by atoms with Gasteiger partial charge in [0.15, 0.2) is 0 Å². The number of esters is 1. The number of anilines is 3. The van der Waals surface area contributed by atoms with Crippen molar-refractivity contribution in [1.82, 2.24) is 14.8 Å². The molecule has 3 fully saturated rings. The van der Waals surface area contributed by atoms with Crippen LogP contribution in [0.3, 0.4) is 0 Å². The lowest BCUT2D eigenvalue weighted by Gasteiger charge is -2.42. The Kier molecular flexibility index (Phi) is 9.50. The molecule has 1 aromatic heterocycles. The van der Waals surface area contributed by atoms with E-state index in [-0.39, 0.29) is 40.3 Å². The Balaban J connectivity index is 0.898. The molecule has 0 aliphatic carbocycles. The van der Waals surface area contributed by atoms with E-state index in [1.54, 1.807) is 30.6 Å². The number of ether oxygens (including phenoxy) is 3.